The first-order chi connectivity index (χ1) is 8.11. The standard InChI is InChI=1S/C12H18N4O.HI/c1-2-3-11(17)16-10-6-4-9(5-7-10)8-15-12(13)14;/h4-7H,2-3,8H2,1H3,(H,16,17)(H4,13,14,15);1H. The maximum absolute atomic E-state index is 11.3. The molecule has 0 heterocycles. The van der Waals surface area contributed by atoms with Crippen LogP contribution in [0, 0.1) is 0 Å². The lowest BCUT2D eigenvalue weighted by Crippen LogP contribution is -2.22. The fourth-order valence-electron chi connectivity index (χ4n) is 1.33. The van der Waals surface area contributed by atoms with Gasteiger partial charge >= 0.3 is 0 Å². The summed E-state index contributed by atoms with van der Waals surface area (Å²) in [4.78, 5) is 15.2. The molecule has 0 spiro atoms. The highest BCUT2D eigenvalue weighted by molar-refractivity contribution is 14.0. The molecule has 5 nitrogen and oxygen atoms in total. The molecule has 0 fully saturated rings. The van der Waals surface area contributed by atoms with Crippen molar-refractivity contribution in [3.05, 3.63) is 29.8 Å². The van der Waals surface area contributed by atoms with Crippen LogP contribution in [0.25, 0.3) is 0 Å². The van der Waals surface area contributed by atoms with Gasteiger partial charge in [0.05, 0.1) is 6.54 Å². The predicted molar refractivity (Wildman–Crippen MR) is 84.9 cm³/mol. The number of nitrogens with two attached hydrogens (primary N) is 2. The molecule has 0 saturated heterocycles. The van der Waals surface area contributed by atoms with Gasteiger partial charge in [0.2, 0.25) is 5.91 Å². The van der Waals surface area contributed by atoms with Crippen molar-refractivity contribution in [2.45, 2.75) is 26.3 Å². The van der Waals surface area contributed by atoms with Gasteiger partial charge in [0.15, 0.2) is 5.96 Å². The van der Waals surface area contributed by atoms with Crippen molar-refractivity contribution in [3.63, 3.8) is 0 Å². The van der Waals surface area contributed by atoms with E-state index in [2.05, 4.69) is 10.3 Å². The largest absolute Gasteiger partial charge is 0.370 e. The summed E-state index contributed by atoms with van der Waals surface area (Å²) in [6.07, 6.45) is 1.38. The smallest absolute Gasteiger partial charge is 0.224 e. The Morgan fingerprint density at radius 3 is 2.39 bits per heavy atom. The molecule has 0 bridgehead atoms. The molecule has 5 N–H and O–H groups in total. The van der Waals surface area contributed by atoms with Crippen LogP contribution >= 0.6 is 24.0 Å². The first-order valence-electron chi connectivity index (χ1n) is 5.56. The molecule has 1 aromatic rings. The number of nitrogens with one attached hydrogen (secondary N) is 1. The van der Waals surface area contributed by atoms with E-state index in [0.717, 1.165) is 17.7 Å². The molecule has 0 aliphatic rings. The fourth-order valence-corrected chi connectivity index (χ4v) is 1.33. The van der Waals surface area contributed by atoms with E-state index in [-0.39, 0.29) is 35.8 Å². The van der Waals surface area contributed by atoms with Crippen LogP contribution in [-0.2, 0) is 11.3 Å². The van der Waals surface area contributed by atoms with Crippen LogP contribution in [-0.4, -0.2) is 11.9 Å². The number of amides is 1. The third-order valence-corrected chi connectivity index (χ3v) is 2.16. The number of hydrogen-bond acceptors (Lipinski definition) is 2. The quantitative estimate of drug-likeness (QED) is 0.424. The Balaban J connectivity index is 0.00000289. The Morgan fingerprint density at radius 2 is 1.89 bits per heavy atom. The molecular weight excluding hydrogens is 343 g/mol. The van der Waals surface area contributed by atoms with E-state index in [1.54, 1.807) is 0 Å². The molecule has 0 aliphatic carbocycles. The van der Waals surface area contributed by atoms with Crippen LogP contribution in [0.5, 0.6) is 0 Å². The minimum absolute atomic E-state index is 0. The zero-order valence-corrected chi connectivity index (χ0v) is 12.7. The first kappa shape index (κ1) is 16.7. The molecule has 1 amide bonds. The molecule has 0 aromatic heterocycles. The summed E-state index contributed by atoms with van der Waals surface area (Å²) < 4.78 is 0. The van der Waals surface area contributed by atoms with Gasteiger partial charge in [-0.2, -0.15) is 0 Å². The van der Waals surface area contributed by atoms with Crippen molar-refractivity contribution in [2.75, 3.05) is 5.32 Å². The molecular formula is C12H19IN4O. The van der Waals surface area contributed by atoms with Crippen molar-refractivity contribution in [3.8, 4) is 0 Å². The lowest BCUT2D eigenvalue weighted by molar-refractivity contribution is -0.116. The number of halogens is 1. The average Bonchev–Trinajstić information content (AvgIpc) is 2.28. The number of hydrogen-bond donors (Lipinski definition) is 3. The van der Waals surface area contributed by atoms with E-state index in [1.165, 1.54) is 0 Å². The molecule has 100 valence electrons. The van der Waals surface area contributed by atoms with Crippen molar-refractivity contribution >= 4 is 41.5 Å². The maximum atomic E-state index is 11.3. The molecule has 0 saturated carbocycles. The molecule has 0 atom stereocenters. The Morgan fingerprint density at radius 1 is 1.28 bits per heavy atom. The number of anilines is 1. The zero-order valence-electron chi connectivity index (χ0n) is 10.3. The molecule has 0 radical (unpaired) electrons. The first-order valence-corrected chi connectivity index (χ1v) is 5.56. The topological polar surface area (TPSA) is 93.5 Å². The monoisotopic (exact) mass is 362 g/mol. The van der Waals surface area contributed by atoms with E-state index >= 15 is 0 Å². The lowest BCUT2D eigenvalue weighted by atomic mass is 10.2. The minimum atomic E-state index is 0. The van der Waals surface area contributed by atoms with E-state index in [9.17, 15) is 4.79 Å². The highest BCUT2D eigenvalue weighted by Crippen LogP contribution is 2.10. The summed E-state index contributed by atoms with van der Waals surface area (Å²) >= 11 is 0. The summed E-state index contributed by atoms with van der Waals surface area (Å²) in [6.45, 7) is 2.42. The molecule has 1 aromatic carbocycles. The Kier molecular flexibility index (Phi) is 8.10. The number of nitrogens with zero attached hydrogens (tertiary/aromatic N) is 1. The molecule has 0 aliphatic heterocycles. The Bertz CT molecular complexity index is 399. The number of rotatable bonds is 5. The van der Waals surface area contributed by atoms with Gasteiger partial charge in [-0.15, -0.1) is 24.0 Å². The fraction of sp³-hybridized carbons (Fsp3) is 0.333. The van der Waals surface area contributed by atoms with Gasteiger partial charge in [0.25, 0.3) is 0 Å². The summed E-state index contributed by atoms with van der Waals surface area (Å²) in [5.74, 6) is 0.106. The normalized spacial score (nSPS) is 9.17. The predicted octanol–water partition coefficient (Wildman–Crippen LogP) is 1.82. The molecule has 1 rings (SSSR count). The number of carbonyl (C=O) groups excluding carboxylic acids is 1. The summed E-state index contributed by atoms with van der Waals surface area (Å²) in [5, 5.41) is 2.81. The third kappa shape index (κ3) is 6.43. The van der Waals surface area contributed by atoms with Gasteiger partial charge in [-0.05, 0) is 24.1 Å². The SMILES string of the molecule is CCCC(=O)Nc1ccc(CN=C(N)N)cc1.I. The zero-order chi connectivity index (χ0) is 12.7. The minimum Gasteiger partial charge on any atom is -0.370 e. The van der Waals surface area contributed by atoms with Crippen LogP contribution in [0.15, 0.2) is 29.3 Å². The number of guanidine groups is 1. The Hall–Kier alpha value is -1.31. The number of aliphatic imine (C=N–C) groups is 1. The molecule has 6 heteroatoms. The van der Waals surface area contributed by atoms with Crippen LogP contribution in [0.4, 0.5) is 5.69 Å². The van der Waals surface area contributed by atoms with Gasteiger partial charge in [0, 0.05) is 12.1 Å². The molecule has 18 heavy (non-hydrogen) atoms. The average molecular weight is 362 g/mol. The van der Waals surface area contributed by atoms with Gasteiger partial charge < -0.3 is 16.8 Å². The lowest BCUT2D eigenvalue weighted by Gasteiger charge is -2.05. The van der Waals surface area contributed by atoms with Crippen molar-refractivity contribution < 1.29 is 4.79 Å². The van der Waals surface area contributed by atoms with E-state index in [1.807, 2.05) is 31.2 Å². The molecule has 0 unspecified atom stereocenters. The van der Waals surface area contributed by atoms with E-state index < -0.39 is 0 Å². The van der Waals surface area contributed by atoms with Crippen molar-refractivity contribution in [2.24, 2.45) is 16.5 Å². The Labute approximate surface area is 124 Å². The van der Waals surface area contributed by atoms with E-state index in [4.69, 9.17) is 11.5 Å². The second-order valence-corrected chi connectivity index (χ2v) is 3.74. The van der Waals surface area contributed by atoms with Crippen LogP contribution in [0.2, 0.25) is 0 Å². The second kappa shape index (κ2) is 8.73. The van der Waals surface area contributed by atoms with E-state index in [0.29, 0.717) is 13.0 Å². The van der Waals surface area contributed by atoms with Gasteiger partial charge in [-0.25, -0.2) is 4.99 Å². The number of benzene rings is 1. The summed E-state index contributed by atoms with van der Waals surface area (Å²) in [6, 6.07) is 7.44. The van der Waals surface area contributed by atoms with Crippen LogP contribution < -0.4 is 16.8 Å². The highest BCUT2D eigenvalue weighted by atomic mass is 127. The number of carbonyl (C=O) groups is 1. The second-order valence-electron chi connectivity index (χ2n) is 3.74. The van der Waals surface area contributed by atoms with Gasteiger partial charge in [0.1, 0.15) is 0 Å². The summed E-state index contributed by atoms with van der Waals surface area (Å²) in [7, 11) is 0. The van der Waals surface area contributed by atoms with Crippen LogP contribution in [0.1, 0.15) is 25.3 Å². The van der Waals surface area contributed by atoms with Crippen molar-refractivity contribution in [1.82, 2.24) is 0 Å². The third-order valence-electron chi connectivity index (χ3n) is 2.16. The van der Waals surface area contributed by atoms with Crippen molar-refractivity contribution in [1.29, 1.82) is 0 Å². The van der Waals surface area contributed by atoms with Gasteiger partial charge in [-0.3, -0.25) is 4.79 Å². The van der Waals surface area contributed by atoms with Crippen LogP contribution in [0.3, 0.4) is 0 Å². The van der Waals surface area contributed by atoms with Gasteiger partial charge in [-0.1, -0.05) is 19.1 Å². The maximum Gasteiger partial charge on any atom is 0.224 e. The summed E-state index contributed by atoms with van der Waals surface area (Å²) in [5.41, 5.74) is 12.3. The highest BCUT2D eigenvalue weighted by Gasteiger charge is 2.00.